The Kier molecular flexibility index (Phi) is 7.73. The summed E-state index contributed by atoms with van der Waals surface area (Å²) in [5.74, 6) is -0.623. The number of halogens is 2. The molecule has 8 heteroatoms. The van der Waals surface area contributed by atoms with Gasteiger partial charge in [0.2, 0.25) is 0 Å². The number of anilines is 1. The zero-order valence-electron chi connectivity index (χ0n) is 16.9. The first kappa shape index (κ1) is 21.7. The smallest absolute Gasteiger partial charge is 0.253 e. The number of benzene rings is 2. The van der Waals surface area contributed by atoms with Crippen LogP contribution in [0.2, 0.25) is 0 Å². The highest BCUT2D eigenvalue weighted by molar-refractivity contribution is 5.94. The van der Waals surface area contributed by atoms with Crippen LogP contribution in [0.5, 0.6) is 0 Å². The van der Waals surface area contributed by atoms with E-state index in [9.17, 15) is 13.6 Å². The third-order valence-corrected chi connectivity index (χ3v) is 4.63. The summed E-state index contributed by atoms with van der Waals surface area (Å²) in [5.41, 5.74) is 1.80. The predicted octanol–water partition coefficient (Wildman–Crippen LogP) is 3.34. The Balaban J connectivity index is 1.61. The molecule has 1 atom stereocenters. The molecule has 1 aliphatic heterocycles. The van der Waals surface area contributed by atoms with Gasteiger partial charge < -0.3 is 20.7 Å². The molecule has 1 heterocycles. The van der Waals surface area contributed by atoms with Crippen molar-refractivity contribution in [3.05, 3.63) is 65.2 Å². The molecule has 3 N–H and O–H groups in total. The van der Waals surface area contributed by atoms with E-state index < -0.39 is 11.6 Å². The maximum atomic E-state index is 13.8. The summed E-state index contributed by atoms with van der Waals surface area (Å²) >= 11 is 0. The number of nitrogens with one attached hydrogen (secondary N) is 3. The van der Waals surface area contributed by atoms with E-state index >= 15 is 0 Å². The van der Waals surface area contributed by atoms with Crippen LogP contribution in [0, 0.1) is 11.6 Å². The van der Waals surface area contributed by atoms with Crippen molar-refractivity contribution in [3.63, 3.8) is 0 Å². The highest BCUT2D eigenvalue weighted by Crippen LogP contribution is 2.16. The number of hydrogen-bond donors (Lipinski definition) is 3. The van der Waals surface area contributed by atoms with Gasteiger partial charge in [0.05, 0.1) is 6.54 Å². The van der Waals surface area contributed by atoms with Gasteiger partial charge in [-0.2, -0.15) is 0 Å². The fourth-order valence-corrected chi connectivity index (χ4v) is 3.12. The summed E-state index contributed by atoms with van der Waals surface area (Å²) in [6.45, 7) is 3.61. The lowest BCUT2D eigenvalue weighted by Crippen LogP contribution is -2.37. The van der Waals surface area contributed by atoms with Gasteiger partial charge in [-0.05, 0) is 55.7 Å². The van der Waals surface area contributed by atoms with Crippen molar-refractivity contribution in [2.75, 3.05) is 18.5 Å². The normalized spacial score (nSPS) is 16.4. The Bertz CT molecular complexity index is 898. The lowest BCUT2D eigenvalue weighted by atomic mass is 10.2. The zero-order valence-corrected chi connectivity index (χ0v) is 16.9. The number of rotatable bonds is 7. The molecule has 2 aromatic carbocycles. The number of ether oxygens (including phenoxy) is 1. The van der Waals surface area contributed by atoms with Crippen LogP contribution in [-0.2, 0) is 22.6 Å². The van der Waals surface area contributed by atoms with Crippen LogP contribution in [-0.4, -0.2) is 31.1 Å². The van der Waals surface area contributed by atoms with Crippen molar-refractivity contribution in [1.29, 1.82) is 0 Å². The van der Waals surface area contributed by atoms with Crippen molar-refractivity contribution in [3.8, 4) is 0 Å². The summed E-state index contributed by atoms with van der Waals surface area (Å²) in [7, 11) is 0. The molecular weight excluding hydrogens is 390 g/mol. The second kappa shape index (κ2) is 10.7. The minimum absolute atomic E-state index is 0.104. The number of nitrogens with zero attached hydrogens (tertiary/aromatic N) is 1. The topological polar surface area (TPSA) is 74.8 Å². The summed E-state index contributed by atoms with van der Waals surface area (Å²) in [5, 5.41) is 8.96. The zero-order chi connectivity index (χ0) is 21.3. The van der Waals surface area contributed by atoms with E-state index in [2.05, 4.69) is 20.9 Å². The largest absolute Gasteiger partial charge is 0.368 e. The van der Waals surface area contributed by atoms with Gasteiger partial charge in [0.1, 0.15) is 17.7 Å². The molecule has 0 saturated carbocycles. The van der Waals surface area contributed by atoms with E-state index in [4.69, 9.17) is 4.74 Å². The number of aliphatic imine (C=N–C) groups is 1. The van der Waals surface area contributed by atoms with Crippen LogP contribution < -0.4 is 16.0 Å². The average molecular weight is 416 g/mol. The number of hydrogen-bond acceptors (Lipinski definition) is 3. The SMILES string of the molecule is CCNC(=NCc1cccc(NC(=O)C2CCCO2)c1)NCc1cc(F)ccc1F. The lowest BCUT2D eigenvalue weighted by Gasteiger charge is -2.13. The number of carbonyl (C=O) groups is 1. The van der Waals surface area contributed by atoms with Gasteiger partial charge in [-0.3, -0.25) is 4.79 Å². The van der Waals surface area contributed by atoms with Crippen molar-refractivity contribution in [2.24, 2.45) is 4.99 Å². The monoisotopic (exact) mass is 416 g/mol. The summed E-state index contributed by atoms with van der Waals surface area (Å²) in [6.07, 6.45) is 1.24. The molecule has 6 nitrogen and oxygen atoms in total. The first-order valence-electron chi connectivity index (χ1n) is 10.0. The first-order valence-corrected chi connectivity index (χ1v) is 10.0. The van der Waals surface area contributed by atoms with Crippen molar-refractivity contribution >= 4 is 17.6 Å². The van der Waals surface area contributed by atoms with Gasteiger partial charge in [-0.25, -0.2) is 13.8 Å². The standard InChI is InChI=1S/C22H26F2N4O2/c1-2-25-22(27-14-16-12-17(23)8-9-19(16)24)26-13-15-5-3-6-18(11-15)28-21(29)20-7-4-10-30-20/h3,5-6,8-9,11-12,20H,2,4,7,10,13-14H2,1H3,(H,28,29)(H2,25,26,27). The number of carbonyl (C=O) groups excluding carboxylic acids is 1. The second-order valence-corrected chi connectivity index (χ2v) is 6.98. The molecule has 1 amide bonds. The molecule has 1 unspecified atom stereocenters. The Morgan fingerprint density at radius 2 is 2.07 bits per heavy atom. The van der Waals surface area contributed by atoms with Gasteiger partial charge in [-0.1, -0.05) is 12.1 Å². The minimum Gasteiger partial charge on any atom is -0.368 e. The van der Waals surface area contributed by atoms with E-state index in [-0.39, 0.29) is 24.1 Å². The number of amides is 1. The molecule has 1 saturated heterocycles. The molecule has 160 valence electrons. The van der Waals surface area contributed by atoms with Gasteiger partial charge in [0.25, 0.3) is 5.91 Å². The van der Waals surface area contributed by atoms with Crippen molar-refractivity contribution in [1.82, 2.24) is 10.6 Å². The van der Waals surface area contributed by atoms with Crippen LogP contribution >= 0.6 is 0 Å². The van der Waals surface area contributed by atoms with Gasteiger partial charge in [0, 0.05) is 30.9 Å². The lowest BCUT2D eigenvalue weighted by molar-refractivity contribution is -0.124. The highest BCUT2D eigenvalue weighted by atomic mass is 19.1. The maximum Gasteiger partial charge on any atom is 0.253 e. The molecule has 1 fully saturated rings. The van der Waals surface area contributed by atoms with Gasteiger partial charge in [-0.15, -0.1) is 0 Å². The van der Waals surface area contributed by atoms with Gasteiger partial charge in [0.15, 0.2) is 5.96 Å². The van der Waals surface area contributed by atoms with Crippen LogP contribution in [0.4, 0.5) is 14.5 Å². The Labute approximate surface area is 174 Å². The van der Waals surface area contributed by atoms with Crippen LogP contribution in [0.25, 0.3) is 0 Å². The third-order valence-electron chi connectivity index (χ3n) is 4.63. The average Bonchev–Trinajstić information content (AvgIpc) is 3.28. The summed E-state index contributed by atoms with van der Waals surface area (Å²) in [4.78, 5) is 16.7. The van der Waals surface area contributed by atoms with E-state index in [1.54, 1.807) is 0 Å². The number of guanidine groups is 1. The summed E-state index contributed by atoms with van der Waals surface area (Å²) in [6, 6.07) is 10.8. The molecule has 0 spiro atoms. The quantitative estimate of drug-likeness (QED) is 0.478. The highest BCUT2D eigenvalue weighted by Gasteiger charge is 2.23. The van der Waals surface area contributed by atoms with Crippen LogP contribution in [0.3, 0.4) is 0 Å². The molecule has 0 aromatic heterocycles. The van der Waals surface area contributed by atoms with Crippen molar-refractivity contribution in [2.45, 2.75) is 39.0 Å². The van der Waals surface area contributed by atoms with E-state index in [1.807, 2.05) is 31.2 Å². The molecule has 1 aliphatic rings. The molecule has 30 heavy (non-hydrogen) atoms. The molecule has 0 radical (unpaired) electrons. The molecule has 0 bridgehead atoms. The van der Waals surface area contributed by atoms with Crippen LogP contribution in [0.1, 0.15) is 30.9 Å². The van der Waals surface area contributed by atoms with Crippen LogP contribution in [0.15, 0.2) is 47.5 Å². The first-order chi connectivity index (χ1) is 14.5. The van der Waals surface area contributed by atoms with E-state index in [0.29, 0.717) is 31.3 Å². The molecule has 3 rings (SSSR count). The second-order valence-electron chi connectivity index (χ2n) is 6.98. The maximum absolute atomic E-state index is 13.8. The van der Waals surface area contributed by atoms with E-state index in [0.717, 1.165) is 36.6 Å². The third kappa shape index (κ3) is 6.25. The minimum atomic E-state index is -0.489. The Hall–Kier alpha value is -3.00. The molecule has 0 aliphatic carbocycles. The fourth-order valence-electron chi connectivity index (χ4n) is 3.12. The Morgan fingerprint density at radius 1 is 1.20 bits per heavy atom. The Morgan fingerprint density at radius 3 is 2.83 bits per heavy atom. The summed E-state index contributed by atoms with van der Waals surface area (Å²) < 4.78 is 32.5. The molecular formula is C22H26F2N4O2. The molecule has 2 aromatic rings. The predicted molar refractivity (Wildman–Crippen MR) is 112 cm³/mol. The van der Waals surface area contributed by atoms with Gasteiger partial charge >= 0.3 is 0 Å². The van der Waals surface area contributed by atoms with Crippen molar-refractivity contribution < 1.29 is 18.3 Å². The van der Waals surface area contributed by atoms with E-state index in [1.165, 1.54) is 0 Å². The fraction of sp³-hybridized carbons (Fsp3) is 0.364.